The van der Waals surface area contributed by atoms with Crippen LogP contribution in [0.1, 0.15) is 32.3 Å². The number of hydrogen-bond acceptors (Lipinski definition) is 2. The molecule has 3 nitrogen and oxygen atoms in total. The highest BCUT2D eigenvalue weighted by atomic mass is 35.5. The summed E-state index contributed by atoms with van der Waals surface area (Å²) in [7, 11) is 0. The number of hydrogen-bond donors (Lipinski definition) is 2. The topological polar surface area (TPSA) is 41.1 Å². The van der Waals surface area contributed by atoms with Gasteiger partial charge >= 0.3 is 0 Å². The molecule has 2 N–H and O–H groups in total. The number of nitrogens with one attached hydrogen (secondary N) is 2. The van der Waals surface area contributed by atoms with Crippen molar-refractivity contribution in [2.75, 3.05) is 10.6 Å². The van der Waals surface area contributed by atoms with Crippen molar-refractivity contribution in [3.8, 4) is 0 Å². The lowest BCUT2D eigenvalue weighted by Gasteiger charge is -2.19. The maximum Gasteiger partial charge on any atom is 0.246 e. The number of rotatable bonds is 5. The van der Waals surface area contributed by atoms with E-state index in [1.165, 1.54) is 18.2 Å². The minimum Gasteiger partial charge on any atom is -0.374 e. The molecule has 2 rings (SSSR count). The molecule has 0 saturated heterocycles. The molecule has 1 amide bonds. The third kappa shape index (κ3) is 4.45. The summed E-state index contributed by atoms with van der Waals surface area (Å²) in [6, 6.07) is 11.3. The summed E-state index contributed by atoms with van der Waals surface area (Å²) in [6.07, 6.45) is 0. The molecule has 0 unspecified atom stereocenters. The van der Waals surface area contributed by atoms with Crippen LogP contribution in [-0.2, 0) is 4.79 Å². The van der Waals surface area contributed by atoms with E-state index in [0.29, 0.717) is 11.6 Å². The summed E-state index contributed by atoms with van der Waals surface area (Å²) in [6.45, 7) is 5.97. The molecular formula is C18H20ClFN2O. The first-order chi connectivity index (χ1) is 10.9. The zero-order valence-corrected chi connectivity index (χ0v) is 14.1. The van der Waals surface area contributed by atoms with Crippen LogP contribution in [0.25, 0.3) is 0 Å². The van der Waals surface area contributed by atoms with Crippen LogP contribution in [0.3, 0.4) is 0 Å². The molecule has 0 bridgehead atoms. The van der Waals surface area contributed by atoms with Crippen LogP contribution in [0.5, 0.6) is 0 Å². The summed E-state index contributed by atoms with van der Waals surface area (Å²) < 4.78 is 13.0. The number of halogens is 2. The van der Waals surface area contributed by atoms with Gasteiger partial charge in [-0.2, -0.15) is 0 Å². The largest absolute Gasteiger partial charge is 0.374 e. The lowest BCUT2D eigenvalue weighted by Crippen LogP contribution is -2.32. The fraction of sp³-hybridized carbons (Fsp3) is 0.278. The first-order valence-electron chi connectivity index (χ1n) is 7.50. The summed E-state index contributed by atoms with van der Waals surface area (Å²) in [5, 5.41) is 6.09. The number of amides is 1. The first-order valence-corrected chi connectivity index (χ1v) is 7.87. The fourth-order valence-corrected chi connectivity index (χ4v) is 2.48. The van der Waals surface area contributed by atoms with Gasteiger partial charge in [-0.1, -0.05) is 43.6 Å². The molecule has 0 radical (unpaired) electrons. The zero-order chi connectivity index (χ0) is 17.0. The molecule has 0 spiro atoms. The average Bonchev–Trinajstić information content (AvgIpc) is 2.50. The highest BCUT2D eigenvalue weighted by molar-refractivity contribution is 6.33. The number of anilines is 2. The van der Waals surface area contributed by atoms with Gasteiger partial charge in [-0.05, 0) is 42.7 Å². The Morgan fingerprint density at radius 3 is 2.43 bits per heavy atom. The summed E-state index contributed by atoms with van der Waals surface area (Å²) in [5.41, 5.74) is 2.46. The van der Waals surface area contributed by atoms with Crippen molar-refractivity contribution in [3.63, 3.8) is 0 Å². The standard InChI is InChI=1S/C18H20ClFN2O/c1-11(2)14-6-4-5-7-16(14)21-12(3)18(23)22-17-9-8-13(20)10-15(17)19/h4-12,21H,1-3H3,(H,22,23)/t12-/m0/s1. The van der Waals surface area contributed by atoms with Gasteiger partial charge in [0, 0.05) is 5.69 Å². The lowest BCUT2D eigenvalue weighted by molar-refractivity contribution is -0.116. The third-order valence-electron chi connectivity index (χ3n) is 3.54. The SMILES string of the molecule is CC(C)c1ccccc1N[C@@H](C)C(=O)Nc1ccc(F)cc1Cl. The molecule has 5 heteroatoms. The Bertz CT molecular complexity index is 703. The van der Waals surface area contributed by atoms with Gasteiger partial charge in [-0.25, -0.2) is 4.39 Å². The van der Waals surface area contributed by atoms with Crippen molar-refractivity contribution in [2.45, 2.75) is 32.7 Å². The molecule has 0 heterocycles. The van der Waals surface area contributed by atoms with Gasteiger partial charge in [0.1, 0.15) is 11.9 Å². The molecule has 0 aliphatic heterocycles. The van der Waals surface area contributed by atoms with Crippen LogP contribution in [0.4, 0.5) is 15.8 Å². The van der Waals surface area contributed by atoms with E-state index in [-0.39, 0.29) is 10.9 Å². The van der Waals surface area contributed by atoms with Gasteiger partial charge in [-0.3, -0.25) is 4.79 Å². The van der Waals surface area contributed by atoms with E-state index in [0.717, 1.165) is 11.3 Å². The van der Waals surface area contributed by atoms with Crippen molar-refractivity contribution in [1.82, 2.24) is 0 Å². The van der Waals surface area contributed by atoms with E-state index in [4.69, 9.17) is 11.6 Å². The lowest BCUT2D eigenvalue weighted by atomic mass is 10.0. The zero-order valence-electron chi connectivity index (χ0n) is 13.4. The second-order valence-corrected chi connectivity index (χ2v) is 6.13. The summed E-state index contributed by atoms with van der Waals surface area (Å²) >= 11 is 5.93. The molecule has 1 atom stereocenters. The van der Waals surface area contributed by atoms with Crippen molar-refractivity contribution in [3.05, 3.63) is 58.9 Å². The Labute approximate surface area is 140 Å². The van der Waals surface area contributed by atoms with E-state index < -0.39 is 11.9 Å². The van der Waals surface area contributed by atoms with Crippen molar-refractivity contribution >= 4 is 28.9 Å². The normalized spacial score (nSPS) is 12.1. The molecule has 2 aromatic rings. The summed E-state index contributed by atoms with van der Waals surface area (Å²) in [5.74, 6) is -0.331. The van der Waals surface area contributed by atoms with Crippen LogP contribution in [0.15, 0.2) is 42.5 Å². The smallest absolute Gasteiger partial charge is 0.246 e. The fourth-order valence-electron chi connectivity index (χ4n) is 2.26. The van der Waals surface area contributed by atoms with E-state index in [2.05, 4.69) is 24.5 Å². The van der Waals surface area contributed by atoms with E-state index >= 15 is 0 Å². The maximum absolute atomic E-state index is 13.0. The molecular weight excluding hydrogens is 315 g/mol. The van der Waals surface area contributed by atoms with Gasteiger partial charge in [0.2, 0.25) is 5.91 Å². The number of para-hydroxylation sites is 1. The van der Waals surface area contributed by atoms with Gasteiger partial charge in [0.15, 0.2) is 0 Å². The first kappa shape index (κ1) is 17.3. The monoisotopic (exact) mass is 334 g/mol. The molecule has 0 aliphatic carbocycles. The average molecular weight is 335 g/mol. The minimum atomic E-state index is -0.462. The molecule has 0 aromatic heterocycles. The predicted octanol–water partition coefficient (Wildman–Crippen LogP) is 5.04. The van der Waals surface area contributed by atoms with Gasteiger partial charge < -0.3 is 10.6 Å². The van der Waals surface area contributed by atoms with Crippen LogP contribution < -0.4 is 10.6 Å². The van der Waals surface area contributed by atoms with Crippen molar-refractivity contribution in [1.29, 1.82) is 0 Å². The Kier molecular flexibility index (Phi) is 5.61. The van der Waals surface area contributed by atoms with Crippen LogP contribution >= 0.6 is 11.6 Å². The number of carbonyl (C=O) groups excluding carboxylic acids is 1. The van der Waals surface area contributed by atoms with Crippen LogP contribution in [-0.4, -0.2) is 11.9 Å². The van der Waals surface area contributed by atoms with Crippen LogP contribution in [0.2, 0.25) is 5.02 Å². The number of benzene rings is 2. The van der Waals surface area contributed by atoms with E-state index in [1.807, 2.05) is 24.3 Å². The second-order valence-electron chi connectivity index (χ2n) is 5.72. The molecule has 122 valence electrons. The van der Waals surface area contributed by atoms with Crippen molar-refractivity contribution < 1.29 is 9.18 Å². The number of carbonyl (C=O) groups is 1. The third-order valence-corrected chi connectivity index (χ3v) is 3.85. The second kappa shape index (κ2) is 7.47. The molecule has 23 heavy (non-hydrogen) atoms. The highest BCUT2D eigenvalue weighted by Gasteiger charge is 2.16. The molecule has 0 saturated carbocycles. The highest BCUT2D eigenvalue weighted by Crippen LogP contribution is 2.25. The van der Waals surface area contributed by atoms with Gasteiger partial charge in [0.25, 0.3) is 0 Å². The Morgan fingerprint density at radius 1 is 1.09 bits per heavy atom. The summed E-state index contributed by atoms with van der Waals surface area (Å²) in [4.78, 5) is 12.3. The Balaban J connectivity index is 2.09. The minimum absolute atomic E-state index is 0.174. The van der Waals surface area contributed by atoms with E-state index in [9.17, 15) is 9.18 Å². The van der Waals surface area contributed by atoms with Crippen LogP contribution in [0, 0.1) is 5.82 Å². The Hall–Kier alpha value is -2.07. The molecule has 0 aliphatic rings. The molecule has 0 fully saturated rings. The Morgan fingerprint density at radius 2 is 1.78 bits per heavy atom. The van der Waals surface area contributed by atoms with Crippen molar-refractivity contribution in [2.24, 2.45) is 0 Å². The van der Waals surface area contributed by atoms with Gasteiger partial charge in [-0.15, -0.1) is 0 Å². The molecule has 2 aromatic carbocycles. The quantitative estimate of drug-likeness (QED) is 0.804. The predicted molar refractivity (Wildman–Crippen MR) is 93.7 cm³/mol. The maximum atomic E-state index is 13.0. The van der Waals surface area contributed by atoms with E-state index in [1.54, 1.807) is 6.92 Å². The van der Waals surface area contributed by atoms with Gasteiger partial charge in [0.05, 0.1) is 10.7 Å².